The minimum absolute atomic E-state index is 0.297. The summed E-state index contributed by atoms with van der Waals surface area (Å²) in [5.41, 5.74) is 3.47. The zero-order valence-corrected chi connectivity index (χ0v) is 12.8. The fourth-order valence-electron chi connectivity index (χ4n) is 1.99. The highest BCUT2D eigenvalue weighted by Crippen LogP contribution is 2.28. The number of hydrogen-bond donors (Lipinski definition) is 0. The van der Waals surface area contributed by atoms with Crippen LogP contribution in [-0.4, -0.2) is 4.98 Å². The largest absolute Gasteiger partial charge is 0.423 e. The Balaban J connectivity index is 1.96. The number of rotatable bonds is 3. The minimum Gasteiger partial charge on any atom is -0.423 e. The summed E-state index contributed by atoms with van der Waals surface area (Å²) in [6.07, 6.45) is 0. The summed E-state index contributed by atoms with van der Waals surface area (Å²) in [5.74, 6) is 0.720. The van der Waals surface area contributed by atoms with E-state index in [4.69, 9.17) is 4.42 Å². The van der Waals surface area contributed by atoms with Crippen molar-refractivity contribution >= 4 is 34.1 Å². The van der Waals surface area contributed by atoms with Gasteiger partial charge in [0.15, 0.2) is 0 Å². The van der Waals surface area contributed by atoms with Gasteiger partial charge in [-0.2, -0.15) is 0 Å². The van der Waals surface area contributed by atoms with Crippen LogP contribution >= 0.6 is 23.1 Å². The smallest absolute Gasteiger partial charge is 0.336 e. The maximum atomic E-state index is 11.6. The van der Waals surface area contributed by atoms with Crippen LogP contribution in [0.2, 0.25) is 0 Å². The fourth-order valence-corrected chi connectivity index (χ4v) is 3.84. The maximum Gasteiger partial charge on any atom is 0.336 e. The second-order valence-electron chi connectivity index (χ2n) is 4.63. The third kappa shape index (κ3) is 2.78. The predicted octanol–water partition coefficient (Wildman–Crippen LogP) is 4.16. The standard InChI is InChI=1S/C15H13NO2S2/c1-9-3-4-12-11(6-14(17)18-13(12)5-9)8-20-15-16-10(2)7-19-15/h3-7H,8H2,1-2H3. The molecule has 0 spiro atoms. The number of thiazole rings is 1. The highest BCUT2D eigenvalue weighted by atomic mass is 32.2. The van der Waals surface area contributed by atoms with Crippen molar-refractivity contribution in [3.8, 4) is 0 Å². The molecule has 0 bridgehead atoms. The summed E-state index contributed by atoms with van der Waals surface area (Å²) >= 11 is 3.28. The van der Waals surface area contributed by atoms with Crippen LogP contribution in [0.15, 0.2) is 43.2 Å². The molecule has 0 N–H and O–H groups in total. The van der Waals surface area contributed by atoms with E-state index in [-0.39, 0.29) is 5.63 Å². The molecule has 0 amide bonds. The molecule has 0 aliphatic heterocycles. The summed E-state index contributed by atoms with van der Waals surface area (Å²) in [6, 6.07) is 7.52. The highest BCUT2D eigenvalue weighted by molar-refractivity contribution is 8.00. The molecule has 5 heteroatoms. The Labute approximate surface area is 124 Å². The monoisotopic (exact) mass is 303 g/mol. The van der Waals surface area contributed by atoms with Gasteiger partial charge in [0.2, 0.25) is 0 Å². The lowest BCUT2D eigenvalue weighted by molar-refractivity contribution is 0.559. The van der Waals surface area contributed by atoms with Crippen molar-refractivity contribution < 1.29 is 4.42 Å². The molecule has 0 fully saturated rings. The molecule has 0 atom stereocenters. The molecule has 0 aliphatic carbocycles. The lowest BCUT2D eigenvalue weighted by atomic mass is 10.1. The molecule has 0 saturated carbocycles. The summed E-state index contributed by atoms with van der Waals surface area (Å²) in [7, 11) is 0. The summed E-state index contributed by atoms with van der Waals surface area (Å²) in [5, 5.41) is 3.03. The molecule has 3 nitrogen and oxygen atoms in total. The van der Waals surface area contributed by atoms with Crippen molar-refractivity contribution in [3.05, 3.63) is 56.9 Å². The van der Waals surface area contributed by atoms with Crippen LogP contribution in [-0.2, 0) is 5.75 Å². The van der Waals surface area contributed by atoms with Crippen molar-refractivity contribution in [2.45, 2.75) is 23.9 Å². The fraction of sp³-hybridized carbons (Fsp3) is 0.200. The first-order valence-electron chi connectivity index (χ1n) is 6.20. The van der Waals surface area contributed by atoms with E-state index in [9.17, 15) is 4.79 Å². The van der Waals surface area contributed by atoms with E-state index in [1.807, 2.05) is 37.4 Å². The summed E-state index contributed by atoms with van der Waals surface area (Å²) in [6.45, 7) is 3.97. The van der Waals surface area contributed by atoms with E-state index in [0.717, 1.165) is 32.3 Å². The van der Waals surface area contributed by atoms with Crippen LogP contribution in [0, 0.1) is 13.8 Å². The van der Waals surface area contributed by atoms with Gasteiger partial charge in [0.05, 0.1) is 0 Å². The van der Waals surface area contributed by atoms with Crippen molar-refractivity contribution in [3.63, 3.8) is 0 Å². The number of fused-ring (bicyclic) bond motifs is 1. The zero-order chi connectivity index (χ0) is 14.1. The molecule has 102 valence electrons. The maximum absolute atomic E-state index is 11.6. The average Bonchev–Trinajstić information content (AvgIpc) is 2.81. The van der Waals surface area contributed by atoms with Gasteiger partial charge < -0.3 is 4.42 Å². The third-order valence-corrected chi connectivity index (χ3v) is 5.12. The van der Waals surface area contributed by atoms with Crippen molar-refractivity contribution in [2.24, 2.45) is 0 Å². The Hall–Kier alpha value is -1.59. The number of thioether (sulfide) groups is 1. The number of hydrogen-bond acceptors (Lipinski definition) is 5. The quantitative estimate of drug-likeness (QED) is 0.538. The van der Waals surface area contributed by atoms with Crippen molar-refractivity contribution in [1.29, 1.82) is 0 Å². The van der Waals surface area contributed by atoms with Crippen LogP contribution in [0.1, 0.15) is 16.8 Å². The van der Waals surface area contributed by atoms with Gasteiger partial charge in [0.1, 0.15) is 9.92 Å². The van der Waals surface area contributed by atoms with E-state index in [0.29, 0.717) is 5.58 Å². The molecule has 2 aromatic heterocycles. The van der Waals surface area contributed by atoms with Gasteiger partial charge in [-0.05, 0) is 31.0 Å². The number of aromatic nitrogens is 1. The van der Waals surface area contributed by atoms with Crippen LogP contribution in [0.5, 0.6) is 0 Å². The molecule has 0 unspecified atom stereocenters. The van der Waals surface area contributed by atoms with Gasteiger partial charge in [-0.3, -0.25) is 0 Å². The van der Waals surface area contributed by atoms with Crippen LogP contribution in [0.3, 0.4) is 0 Å². The molecule has 2 heterocycles. The molecular formula is C15H13NO2S2. The predicted molar refractivity (Wildman–Crippen MR) is 83.6 cm³/mol. The van der Waals surface area contributed by atoms with E-state index < -0.39 is 0 Å². The van der Waals surface area contributed by atoms with Crippen molar-refractivity contribution in [1.82, 2.24) is 4.98 Å². The van der Waals surface area contributed by atoms with E-state index >= 15 is 0 Å². The lowest BCUT2D eigenvalue weighted by Gasteiger charge is -2.04. The first kappa shape index (κ1) is 13.4. The number of benzene rings is 1. The summed E-state index contributed by atoms with van der Waals surface area (Å²) < 4.78 is 6.29. The van der Waals surface area contributed by atoms with Gasteiger partial charge in [0.25, 0.3) is 0 Å². The average molecular weight is 303 g/mol. The SMILES string of the molecule is Cc1ccc2c(CSc3nc(C)cs3)cc(=O)oc2c1. The number of nitrogens with zero attached hydrogens (tertiary/aromatic N) is 1. The summed E-state index contributed by atoms with van der Waals surface area (Å²) in [4.78, 5) is 16.1. The third-order valence-electron chi connectivity index (χ3n) is 2.93. The van der Waals surface area contributed by atoms with E-state index in [2.05, 4.69) is 4.98 Å². The molecule has 20 heavy (non-hydrogen) atoms. The molecule has 3 aromatic rings. The van der Waals surface area contributed by atoms with Gasteiger partial charge in [-0.15, -0.1) is 11.3 Å². The highest BCUT2D eigenvalue weighted by Gasteiger charge is 2.08. The molecule has 1 aromatic carbocycles. The first-order chi connectivity index (χ1) is 9.61. The Kier molecular flexibility index (Phi) is 3.63. The Bertz CT molecular complexity index is 820. The molecular weight excluding hydrogens is 290 g/mol. The first-order valence-corrected chi connectivity index (χ1v) is 8.07. The second-order valence-corrected chi connectivity index (χ2v) is 6.71. The van der Waals surface area contributed by atoms with Gasteiger partial charge in [-0.25, -0.2) is 9.78 Å². The second kappa shape index (κ2) is 5.42. The van der Waals surface area contributed by atoms with Gasteiger partial charge >= 0.3 is 5.63 Å². The van der Waals surface area contributed by atoms with Crippen molar-refractivity contribution in [2.75, 3.05) is 0 Å². The molecule has 0 aliphatic rings. The molecule has 0 saturated heterocycles. The Morgan fingerprint density at radius 1 is 1.30 bits per heavy atom. The molecule has 3 rings (SSSR count). The zero-order valence-electron chi connectivity index (χ0n) is 11.2. The van der Waals surface area contributed by atoms with Gasteiger partial charge in [-0.1, -0.05) is 23.9 Å². The van der Waals surface area contributed by atoms with Crippen LogP contribution in [0.25, 0.3) is 11.0 Å². The Morgan fingerprint density at radius 3 is 2.90 bits per heavy atom. The normalized spacial score (nSPS) is 11.1. The number of aryl methyl sites for hydroxylation is 2. The van der Waals surface area contributed by atoms with Crippen LogP contribution in [0.4, 0.5) is 0 Å². The Morgan fingerprint density at radius 2 is 2.15 bits per heavy atom. The van der Waals surface area contributed by atoms with Crippen LogP contribution < -0.4 is 5.63 Å². The minimum atomic E-state index is -0.297. The molecule has 0 radical (unpaired) electrons. The van der Waals surface area contributed by atoms with E-state index in [1.165, 1.54) is 0 Å². The topological polar surface area (TPSA) is 43.1 Å². The lowest BCUT2D eigenvalue weighted by Crippen LogP contribution is -2.00. The van der Waals surface area contributed by atoms with E-state index in [1.54, 1.807) is 29.2 Å². The van der Waals surface area contributed by atoms with Gasteiger partial charge in [0, 0.05) is 28.3 Å².